The molecule has 0 radical (unpaired) electrons. The van der Waals surface area contributed by atoms with Gasteiger partial charge in [-0.3, -0.25) is 14.6 Å². The standard InChI is InChI=1S/C19H15N3O2S/c23-18(21-9-6-13-3-1-2-8-20-13)12-4-5-14-16(11-12)22-19(24)15-7-10-25-17(14)15/h1-5,7-8,10-11H,6,9H2,(H,21,23)(H,22,24). The number of fused-ring (bicyclic) bond motifs is 3. The Morgan fingerprint density at radius 3 is 2.92 bits per heavy atom. The Hall–Kier alpha value is -2.99. The van der Waals surface area contributed by atoms with E-state index in [1.807, 2.05) is 35.7 Å². The van der Waals surface area contributed by atoms with Crippen molar-refractivity contribution in [3.63, 3.8) is 0 Å². The molecule has 2 N–H and O–H groups in total. The minimum atomic E-state index is -0.162. The third-order valence-corrected chi connectivity index (χ3v) is 5.02. The van der Waals surface area contributed by atoms with E-state index in [2.05, 4.69) is 15.3 Å². The average Bonchev–Trinajstić information content (AvgIpc) is 3.13. The fourth-order valence-electron chi connectivity index (χ4n) is 2.83. The summed E-state index contributed by atoms with van der Waals surface area (Å²) in [4.78, 5) is 31.6. The molecule has 0 atom stereocenters. The first kappa shape index (κ1) is 15.5. The van der Waals surface area contributed by atoms with Gasteiger partial charge in [-0.2, -0.15) is 0 Å². The summed E-state index contributed by atoms with van der Waals surface area (Å²) in [5, 5.41) is 6.43. The molecule has 0 fully saturated rings. The van der Waals surface area contributed by atoms with Crippen LogP contribution >= 0.6 is 11.3 Å². The van der Waals surface area contributed by atoms with Crippen LogP contribution in [0.4, 0.5) is 0 Å². The molecule has 3 heterocycles. The number of rotatable bonds is 4. The van der Waals surface area contributed by atoms with E-state index in [4.69, 9.17) is 0 Å². The number of carbonyl (C=O) groups is 1. The molecule has 1 amide bonds. The van der Waals surface area contributed by atoms with Gasteiger partial charge in [0.05, 0.1) is 10.9 Å². The number of hydrogen-bond acceptors (Lipinski definition) is 4. The Balaban J connectivity index is 1.55. The molecule has 0 aliphatic carbocycles. The fraction of sp³-hybridized carbons (Fsp3) is 0.105. The monoisotopic (exact) mass is 349 g/mol. The quantitative estimate of drug-likeness (QED) is 0.594. The van der Waals surface area contributed by atoms with Crippen LogP contribution in [0.3, 0.4) is 0 Å². The van der Waals surface area contributed by atoms with Gasteiger partial charge in [-0.15, -0.1) is 11.3 Å². The molecular weight excluding hydrogens is 334 g/mol. The number of benzene rings is 1. The summed E-state index contributed by atoms with van der Waals surface area (Å²) >= 11 is 1.53. The Kier molecular flexibility index (Phi) is 4.03. The van der Waals surface area contributed by atoms with Crippen molar-refractivity contribution in [1.82, 2.24) is 15.3 Å². The van der Waals surface area contributed by atoms with E-state index in [0.29, 0.717) is 29.4 Å². The maximum Gasteiger partial charge on any atom is 0.257 e. The largest absolute Gasteiger partial charge is 0.352 e. The maximum absolute atomic E-state index is 12.4. The molecule has 6 heteroatoms. The van der Waals surface area contributed by atoms with Gasteiger partial charge < -0.3 is 10.3 Å². The SMILES string of the molecule is O=C(NCCc1ccccn1)c1ccc2c(c1)[nH]c(=O)c1ccsc12. The highest BCUT2D eigenvalue weighted by Gasteiger charge is 2.10. The molecule has 0 unspecified atom stereocenters. The van der Waals surface area contributed by atoms with Crippen molar-refractivity contribution in [2.24, 2.45) is 0 Å². The first-order valence-electron chi connectivity index (χ1n) is 7.94. The van der Waals surface area contributed by atoms with E-state index >= 15 is 0 Å². The first-order chi connectivity index (χ1) is 12.2. The van der Waals surface area contributed by atoms with Gasteiger partial charge >= 0.3 is 0 Å². The van der Waals surface area contributed by atoms with Crippen LogP contribution < -0.4 is 10.9 Å². The highest BCUT2D eigenvalue weighted by Crippen LogP contribution is 2.26. The molecule has 0 aliphatic heterocycles. The van der Waals surface area contributed by atoms with Gasteiger partial charge in [0, 0.05) is 40.5 Å². The van der Waals surface area contributed by atoms with Crippen molar-refractivity contribution < 1.29 is 4.79 Å². The van der Waals surface area contributed by atoms with E-state index in [0.717, 1.165) is 15.8 Å². The van der Waals surface area contributed by atoms with E-state index < -0.39 is 0 Å². The summed E-state index contributed by atoms with van der Waals surface area (Å²) in [6.45, 7) is 0.508. The lowest BCUT2D eigenvalue weighted by molar-refractivity contribution is 0.0954. The Labute approximate surface area is 147 Å². The second-order valence-electron chi connectivity index (χ2n) is 5.70. The normalized spacial score (nSPS) is 11.0. The molecule has 0 bridgehead atoms. The summed E-state index contributed by atoms with van der Waals surface area (Å²) in [6, 6.07) is 12.9. The Morgan fingerprint density at radius 2 is 2.08 bits per heavy atom. The summed E-state index contributed by atoms with van der Waals surface area (Å²) in [5.74, 6) is -0.162. The summed E-state index contributed by atoms with van der Waals surface area (Å²) < 4.78 is 0.945. The zero-order chi connectivity index (χ0) is 17.2. The van der Waals surface area contributed by atoms with Crippen molar-refractivity contribution in [2.75, 3.05) is 6.54 Å². The van der Waals surface area contributed by atoms with Crippen LogP contribution in [0.2, 0.25) is 0 Å². The zero-order valence-electron chi connectivity index (χ0n) is 13.3. The van der Waals surface area contributed by atoms with Crippen LogP contribution in [-0.4, -0.2) is 22.4 Å². The van der Waals surface area contributed by atoms with Crippen LogP contribution in [0.1, 0.15) is 16.1 Å². The molecule has 124 valence electrons. The highest BCUT2D eigenvalue weighted by atomic mass is 32.1. The first-order valence-corrected chi connectivity index (χ1v) is 8.82. The molecule has 0 spiro atoms. The lowest BCUT2D eigenvalue weighted by Gasteiger charge is -2.07. The number of thiophene rings is 1. The number of amides is 1. The predicted molar refractivity (Wildman–Crippen MR) is 100 cm³/mol. The molecule has 3 aromatic heterocycles. The molecular formula is C19H15N3O2S. The third kappa shape index (κ3) is 3.04. The minimum Gasteiger partial charge on any atom is -0.352 e. The molecule has 5 nitrogen and oxygen atoms in total. The lowest BCUT2D eigenvalue weighted by atomic mass is 10.1. The molecule has 4 aromatic rings. The van der Waals surface area contributed by atoms with Crippen LogP contribution in [0.25, 0.3) is 21.0 Å². The number of nitrogens with one attached hydrogen (secondary N) is 2. The van der Waals surface area contributed by atoms with Gasteiger partial charge in [-0.25, -0.2) is 0 Å². The fourth-order valence-corrected chi connectivity index (χ4v) is 3.76. The van der Waals surface area contributed by atoms with Crippen molar-refractivity contribution in [3.8, 4) is 0 Å². The molecule has 4 rings (SSSR count). The smallest absolute Gasteiger partial charge is 0.257 e. The van der Waals surface area contributed by atoms with Crippen molar-refractivity contribution in [1.29, 1.82) is 0 Å². The number of aromatic nitrogens is 2. The molecule has 1 aromatic carbocycles. The molecule has 0 saturated heterocycles. The van der Waals surface area contributed by atoms with Crippen molar-refractivity contribution >= 4 is 38.2 Å². The van der Waals surface area contributed by atoms with Gasteiger partial charge in [0.15, 0.2) is 0 Å². The Bertz CT molecular complexity index is 1120. The van der Waals surface area contributed by atoms with Crippen LogP contribution in [-0.2, 0) is 6.42 Å². The number of aromatic amines is 1. The number of carbonyl (C=O) groups excluding carboxylic acids is 1. The van der Waals surface area contributed by atoms with Gasteiger partial charge in [-0.1, -0.05) is 12.1 Å². The predicted octanol–water partition coefficient (Wildman–Crippen LogP) is 3.11. The second-order valence-corrected chi connectivity index (χ2v) is 6.62. The van der Waals surface area contributed by atoms with E-state index in [1.54, 1.807) is 18.3 Å². The molecule has 25 heavy (non-hydrogen) atoms. The second kappa shape index (κ2) is 6.49. The lowest BCUT2D eigenvalue weighted by Crippen LogP contribution is -2.25. The minimum absolute atomic E-state index is 0.128. The van der Waals surface area contributed by atoms with Crippen LogP contribution in [0, 0.1) is 0 Å². The average molecular weight is 349 g/mol. The summed E-state index contributed by atoms with van der Waals surface area (Å²) in [5.41, 5.74) is 2.01. The summed E-state index contributed by atoms with van der Waals surface area (Å²) in [6.07, 6.45) is 2.41. The summed E-state index contributed by atoms with van der Waals surface area (Å²) in [7, 11) is 0. The topological polar surface area (TPSA) is 74.8 Å². The Morgan fingerprint density at radius 1 is 1.16 bits per heavy atom. The van der Waals surface area contributed by atoms with Crippen LogP contribution in [0.5, 0.6) is 0 Å². The number of pyridine rings is 2. The number of hydrogen-bond donors (Lipinski definition) is 2. The molecule has 0 saturated carbocycles. The van der Waals surface area contributed by atoms with E-state index in [-0.39, 0.29) is 11.5 Å². The van der Waals surface area contributed by atoms with Crippen LogP contribution in [0.15, 0.2) is 58.8 Å². The maximum atomic E-state index is 12.4. The highest BCUT2D eigenvalue weighted by molar-refractivity contribution is 7.18. The van der Waals surface area contributed by atoms with Gasteiger partial charge in [0.25, 0.3) is 11.5 Å². The van der Waals surface area contributed by atoms with E-state index in [1.165, 1.54) is 11.3 Å². The molecule has 0 aliphatic rings. The van der Waals surface area contributed by atoms with Crippen molar-refractivity contribution in [3.05, 3.63) is 75.7 Å². The third-order valence-electron chi connectivity index (χ3n) is 4.08. The van der Waals surface area contributed by atoms with Gasteiger partial charge in [0.1, 0.15) is 0 Å². The zero-order valence-corrected chi connectivity index (χ0v) is 14.1. The number of nitrogens with zero attached hydrogens (tertiary/aromatic N) is 1. The van der Waals surface area contributed by atoms with Crippen molar-refractivity contribution in [2.45, 2.75) is 6.42 Å². The van der Waals surface area contributed by atoms with E-state index in [9.17, 15) is 9.59 Å². The van der Waals surface area contributed by atoms with Gasteiger partial charge in [0.2, 0.25) is 0 Å². The van der Waals surface area contributed by atoms with Gasteiger partial charge in [-0.05, 0) is 35.7 Å². The number of H-pyrrole nitrogens is 1.